The molecule has 3 aromatic carbocycles. The lowest BCUT2D eigenvalue weighted by Gasteiger charge is -2.36. The minimum atomic E-state index is -0.806. The molecule has 0 fully saturated rings. The molecule has 0 amide bonds. The van der Waals surface area contributed by atoms with Crippen molar-refractivity contribution < 1.29 is 15.0 Å². The zero-order chi connectivity index (χ0) is 27.5. The average Bonchev–Trinajstić information content (AvgIpc) is 2.81. The Morgan fingerprint density at radius 3 is 2.16 bits per heavy atom. The Morgan fingerprint density at radius 1 is 1.00 bits per heavy atom. The summed E-state index contributed by atoms with van der Waals surface area (Å²) in [6.07, 6.45) is 4.11. The first-order valence-corrected chi connectivity index (χ1v) is 14.7. The van der Waals surface area contributed by atoms with Gasteiger partial charge < -0.3 is 19.2 Å². The van der Waals surface area contributed by atoms with E-state index in [0.717, 1.165) is 45.7 Å². The molecule has 7 heteroatoms. The number of benzene rings is 3. The molecule has 0 bridgehead atoms. The van der Waals surface area contributed by atoms with Gasteiger partial charge >= 0.3 is 5.97 Å². The van der Waals surface area contributed by atoms with Gasteiger partial charge in [-0.1, -0.05) is 59.8 Å². The van der Waals surface area contributed by atoms with E-state index in [9.17, 15) is 9.90 Å². The van der Waals surface area contributed by atoms with Crippen molar-refractivity contribution in [3.63, 3.8) is 0 Å². The van der Waals surface area contributed by atoms with Crippen molar-refractivity contribution in [2.45, 2.75) is 60.1 Å². The number of anilines is 2. The zero-order valence-electron chi connectivity index (χ0n) is 23.0. The van der Waals surface area contributed by atoms with Gasteiger partial charge in [-0.05, 0) is 92.6 Å². The molecule has 3 N–H and O–H groups in total. The van der Waals surface area contributed by atoms with E-state index >= 15 is 0 Å². The first-order chi connectivity index (χ1) is 17.3. The first kappa shape index (κ1) is 29.0. The van der Waals surface area contributed by atoms with Crippen LogP contribution in [-0.4, -0.2) is 34.3 Å². The molecule has 37 heavy (non-hydrogen) atoms. The number of rotatable bonds is 6. The maximum atomic E-state index is 11.9. The number of aliphatic carboxylic acids is 1. The first-order valence-electron chi connectivity index (χ1n) is 12.3. The second-order valence-electron chi connectivity index (χ2n) is 10.3. The Morgan fingerprint density at radius 2 is 1.62 bits per heavy atom. The molecule has 3 aromatic rings. The summed E-state index contributed by atoms with van der Waals surface area (Å²) in [7, 11) is 0. The van der Waals surface area contributed by atoms with Crippen LogP contribution >= 0.6 is 23.9 Å². The molecule has 0 spiro atoms. The average molecular weight is 539 g/mol. The Hall–Kier alpha value is -2.61. The molecule has 0 saturated carbocycles. The summed E-state index contributed by atoms with van der Waals surface area (Å²) < 4.78 is 5.66. The third kappa shape index (κ3) is 6.83. The molecule has 0 atom stereocenters. The van der Waals surface area contributed by atoms with Gasteiger partial charge in [-0.25, -0.2) is 0 Å². The second-order valence-corrected chi connectivity index (χ2v) is 11.8. The lowest BCUT2D eigenvalue weighted by Crippen LogP contribution is -2.22. The maximum Gasteiger partial charge on any atom is 0.307 e. The third-order valence-electron chi connectivity index (χ3n) is 6.15. The van der Waals surface area contributed by atoms with Gasteiger partial charge in [0, 0.05) is 23.8 Å². The molecule has 5 nitrogen and oxygen atoms in total. The minimum absolute atomic E-state index is 0.00626. The van der Waals surface area contributed by atoms with Crippen LogP contribution in [0.25, 0.3) is 22.3 Å². The Kier molecular flexibility index (Phi) is 9.27. The summed E-state index contributed by atoms with van der Waals surface area (Å²) >= 11 is 3.27. The highest BCUT2D eigenvalue weighted by Crippen LogP contribution is 2.50. The molecule has 0 radical (unpaired) electrons. The predicted molar refractivity (Wildman–Crippen MR) is 162 cm³/mol. The van der Waals surface area contributed by atoms with Gasteiger partial charge in [0.1, 0.15) is 0 Å². The van der Waals surface area contributed by atoms with Crippen molar-refractivity contribution in [3.05, 3.63) is 70.3 Å². The van der Waals surface area contributed by atoms with E-state index in [1.165, 1.54) is 22.3 Å². The van der Waals surface area contributed by atoms with Gasteiger partial charge in [-0.3, -0.25) is 4.79 Å². The summed E-state index contributed by atoms with van der Waals surface area (Å²) in [5, 5.41) is 18.3. The molecule has 0 aromatic heterocycles. The maximum absolute atomic E-state index is 11.9. The summed E-state index contributed by atoms with van der Waals surface area (Å²) in [5.74, 6) is -0.806. The number of hydrogen-bond donors (Lipinski definition) is 3. The standard InChI is InChI=1S/C26H28N2O2S2.C4H10O/c1-15-6-8-18(9-7-15)24-17(3)25-22-12-20(27-31-4)11-10-19(22)14-28(32-5)26(25)16(2)21(24)13-23(29)30;1-4(2,3)5/h6-12,27H,13-14H2,1-5H3,(H,29,30);5H,1-3H3. The topological polar surface area (TPSA) is 72.8 Å². The lowest BCUT2D eigenvalue weighted by molar-refractivity contribution is -0.136. The molecule has 198 valence electrons. The van der Waals surface area contributed by atoms with E-state index in [-0.39, 0.29) is 6.42 Å². The molecule has 0 unspecified atom stereocenters. The summed E-state index contributed by atoms with van der Waals surface area (Å²) in [6, 6.07) is 15.0. The lowest BCUT2D eigenvalue weighted by atomic mass is 9.81. The molecule has 1 aliphatic rings. The number of hydrogen-bond acceptors (Lipinski definition) is 6. The van der Waals surface area contributed by atoms with Crippen LogP contribution < -0.4 is 9.03 Å². The number of aliphatic hydroxyl groups is 1. The number of carboxylic acids is 1. The number of aryl methyl sites for hydroxylation is 1. The van der Waals surface area contributed by atoms with E-state index in [2.05, 4.69) is 78.5 Å². The highest BCUT2D eigenvalue weighted by Gasteiger charge is 2.30. The third-order valence-corrected chi connectivity index (χ3v) is 7.34. The Labute approximate surface area is 230 Å². The summed E-state index contributed by atoms with van der Waals surface area (Å²) in [4.78, 5) is 11.9. The van der Waals surface area contributed by atoms with Crippen molar-refractivity contribution in [3.8, 4) is 22.3 Å². The Balaban J connectivity index is 0.000000695. The van der Waals surface area contributed by atoms with Crippen LogP contribution in [-0.2, 0) is 17.8 Å². The van der Waals surface area contributed by atoms with Gasteiger partial charge in [0.15, 0.2) is 0 Å². The monoisotopic (exact) mass is 538 g/mol. The molecular weight excluding hydrogens is 500 g/mol. The quantitative estimate of drug-likeness (QED) is 0.279. The fraction of sp³-hybridized carbons (Fsp3) is 0.367. The second kappa shape index (κ2) is 11.8. The summed E-state index contributed by atoms with van der Waals surface area (Å²) in [5.41, 5.74) is 11.8. The van der Waals surface area contributed by atoms with Crippen molar-refractivity contribution in [1.29, 1.82) is 0 Å². The number of carbonyl (C=O) groups is 1. The van der Waals surface area contributed by atoms with E-state index in [1.807, 2.05) is 6.26 Å². The molecule has 0 saturated heterocycles. The van der Waals surface area contributed by atoms with E-state index in [4.69, 9.17) is 5.11 Å². The van der Waals surface area contributed by atoms with Crippen LogP contribution in [0, 0.1) is 20.8 Å². The number of nitrogens with zero attached hydrogens (tertiary/aromatic N) is 1. The van der Waals surface area contributed by atoms with Gasteiger partial charge in [-0.2, -0.15) is 0 Å². The van der Waals surface area contributed by atoms with Crippen LogP contribution in [0.2, 0.25) is 0 Å². The smallest absolute Gasteiger partial charge is 0.307 e. The van der Waals surface area contributed by atoms with Crippen molar-refractivity contribution >= 4 is 41.2 Å². The molecule has 1 heterocycles. The van der Waals surface area contributed by atoms with Gasteiger partial charge in [0.2, 0.25) is 0 Å². The minimum Gasteiger partial charge on any atom is -0.481 e. The largest absolute Gasteiger partial charge is 0.481 e. The van der Waals surface area contributed by atoms with Crippen LogP contribution in [0.1, 0.15) is 48.6 Å². The van der Waals surface area contributed by atoms with Gasteiger partial charge in [0.25, 0.3) is 0 Å². The van der Waals surface area contributed by atoms with Crippen molar-refractivity contribution in [2.75, 3.05) is 21.5 Å². The number of fused-ring (bicyclic) bond motifs is 3. The molecule has 4 rings (SSSR count). The molecule has 0 aliphatic carbocycles. The van der Waals surface area contributed by atoms with Crippen LogP contribution in [0.5, 0.6) is 0 Å². The SMILES string of the molecule is CC(C)(C)O.CSNc1ccc2c(c1)-c1c(C)c(-c3ccc(C)cc3)c(CC(=O)O)c(C)c1N(SC)C2. The predicted octanol–water partition coefficient (Wildman–Crippen LogP) is 7.64. The molecular formula is C30H38N2O3S2. The number of carboxylic acid groups (broad SMARTS) is 1. The van der Waals surface area contributed by atoms with Crippen molar-refractivity contribution in [1.82, 2.24) is 0 Å². The van der Waals surface area contributed by atoms with E-state index < -0.39 is 11.6 Å². The fourth-order valence-electron chi connectivity index (χ4n) is 4.69. The highest BCUT2D eigenvalue weighted by atomic mass is 32.2. The van der Waals surface area contributed by atoms with Crippen LogP contribution in [0.3, 0.4) is 0 Å². The van der Waals surface area contributed by atoms with Gasteiger partial charge in [-0.15, -0.1) is 0 Å². The highest BCUT2D eigenvalue weighted by molar-refractivity contribution is 8.00. The summed E-state index contributed by atoms with van der Waals surface area (Å²) in [6.45, 7) is 12.3. The van der Waals surface area contributed by atoms with E-state index in [1.54, 1.807) is 44.7 Å². The van der Waals surface area contributed by atoms with Crippen molar-refractivity contribution in [2.24, 2.45) is 0 Å². The molecule has 1 aliphatic heterocycles. The number of nitrogens with one attached hydrogen (secondary N) is 1. The van der Waals surface area contributed by atoms with Crippen LogP contribution in [0.4, 0.5) is 11.4 Å². The van der Waals surface area contributed by atoms with E-state index in [0.29, 0.717) is 0 Å². The zero-order valence-corrected chi connectivity index (χ0v) is 24.7. The van der Waals surface area contributed by atoms with Crippen LogP contribution in [0.15, 0.2) is 42.5 Å². The van der Waals surface area contributed by atoms with Gasteiger partial charge in [0.05, 0.1) is 24.3 Å². The Bertz CT molecular complexity index is 1280. The normalized spacial score (nSPS) is 12.3. The fourth-order valence-corrected chi connectivity index (χ4v) is 5.73.